The molecule has 10 heteroatoms. The molecule has 0 N–H and O–H groups in total. The van der Waals surface area contributed by atoms with Gasteiger partial charge in [0.25, 0.3) is 0 Å². The molecule has 0 heterocycles. The molecular weight excluding hydrogens is 607 g/mol. The first-order chi connectivity index (χ1) is 21.3. The molecule has 0 bridgehead atoms. The van der Waals surface area contributed by atoms with E-state index in [4.69, 9.17) is 0 Å². The maximum Gasteiger partial charge on any atom is 0.458 e. The standard InChI is InChI=1S/C35H29F9O/c1-2-3-4-5-20-6-8-21(9-7-20)22-10-12-27-23(16-22)19-30(37)31(33(27)39)35(43,44)45-25-11-13-26-24(17-25)18-29(36)28(32(26)38)14-15-34(40,41)42/h10-13,16-21H,2-9H2,1H3. The van der Waals surface area contributed by atoms with E-state index in [0.717, 1.165) is 61.4 Å². The van der Waals surface area contributed by atoms with Crippen molar-refractivity contribution >= 4 is 21.5 Å². The Morgan fingerprint density at radius 2 is 1.40 bits per heavy atom. The first-order valence-electron chi connectivity index (χ1n) is 14.8. The van der Waals surface area contributed by atoms with Crippen LogP contribution in [0.25, 0.3) is 21.5 Å². The fourth-order valence-corrected chi connectivity index (χ4v) is 6.16. The fraction of sp³-hybridized carbons (Fsp3) is 0.371. The number of rotatable bonds is 8. The summed E-state index contributed by atoms with van der Waals surface area (Å²) < 4.78 is 132. The van der Waals surface area contributed by atoms with E-state index in [0.29, 0.717) is 12.0 Å². The molecule has 0 saturated heterocycles. The lowest BCUT2D eigenvalue weighted by Gasteiger charge is -2.29. The van der Waals surface area contributed by atoms with Crippen molar-refractivity contribution in [3.05, 3.63) is 88.5 Å². The second-order valence-electron chi connectivity index (χ2n) is 11.5. The third kappa shape index (κ3) is 7.18. The van der Waals surface area contributed by atoms with Crippen LogP contribution in [0.2, 0.25) is 0 Å². The zero-order valence-electron chi connectivity index (χ0n) is 24.2. The van der Waals surface area contributed by atoms with Gasteiger partial charge >= 0.3 is 12.3 Å². The Balaban J connectivity index is 1.38. The molecule has 1 aliphatic carbocycles. The van der Waals surface area contributed by atoms with Gasteiger partial charge in [-0.15, -0.1) is 0 Å². The van der Waals surface area contributed by atoms with Gasteiger partial charge in [-0.1, -0.05) is 56.7 Å². The number of alkyl halides is 5. The summed E-state index contributed by atoms with van der Waals surface area (Å²) in [5, 5.41) is -0.866. The molecular formula is C35H29F9O. The quantitative estimate of drug-likeness (QED) is 0.106. The van der Waals surface area contributed by atoms with Crippen molar-refractivity contribution in [3.8, 4) is 17.6 Å². The predicted octanol–water partition coefficient (Wildman–Crippen LogP) is 11.4. The number of unbranched alkanes of at least 4 members (excludes halogenated alkanes) is 2. The van der Waals surface area contributed by atoms with Crippen LogP contribution in [0.5, 0.6) is 5.75 Å². The summed E-state index contributed by atoms with van der Waals surface area (Å²) in [7, 11) is 0. The summed E-state index contributed by atoms with van der Waals surface area (Å²) in [4.78, 5) is 0. The first kappa shape index (κ1) is 32.5. The molecule has 4 aromatic carbocycles. The van der Waals surface area contributed by atoms with E-state index < -0.39 is 57.8 Å². The highest BCUT2D eigenvalue weighted by molar-refractivity contribution is 5.87. The van der Waals surface area contributed by atoms with Crippen molar-refractivity contribution in [1.29, 1.82) is 0 Å². The third-order valence-electron chi connectivity index (χ3n) is 8.45. The minimum absolute atomic E-state index is 0.133. The van der Waals surface area contributed by atoms with Crippen molar-refractivity contribution in [2.45, 2.75) is 76.5 Å². The van der Waals surface area contributed by atoms with Crippen LogP contribution in [0.4, 0.5) is 39.5 Å². The van der Waals surface area contributed by atoms with Gasteiger partial charge in [-0.3, -0.25) is 0 Å². The van der Waals surface area contributed by atoms with Crippen molar-refractivity contribution in [3.63, 3.8) is 0 Å². The van der Waals surface area contributed by atoms with Gasteiger partial charge in [0.05, 0.1) is 5.56 Å². The number of fused-ring (bicyclic) bond motifs is 2. The third-order valence-corrected chi connectivity index (χ3v) is 8.45. The van der Waals surface area contributed by atoms with Gasteiger partial charge in [0.1, 0.15) is 34.6 Å². The highest BCUT2D eigenvalue weighted by Gasteiger charge is 2.42. The zero-order valence-corrected chi connectivity index (χ0v) is 24.2. The van der Waals surface area contributed by atoms with Gasteiger partial charge < -0.3 is 4.74 Å². The van der Waals surface area contributed by atoms with Crippen molar-refractivity contribution < 1.29 is 44.3 Å². The van der Waals surface area contributed by atoms with Crippen molar-refractivity contribution in [2.24, 2.45) is 5.92 Å². The van der Waals surface area contributed by atoms with Crippen LogP contribution < -0.4 is 4.74 Å². The monoisotopic (exact) mass is 636 g/mol. The Morgan fingerprint density at radius 1 is 0.756 bits per heavy atom. The normalized spacial score (nSPS) is 17.4. The van der Waals surface area contributed by atoms with Crippen LogP contribution in [0.15, 0.2) is 48.5 Å². The van der Waals surface area contributed by atoms with Crippen LogP contribution in [0.1, 0.15) is 80.9 Å². The van der Waals surface area contributed by atoms with Crippen LogP contribution in [0.3, 0.4) is 0 Å². The molecule has 5 rings (SSSR count). The van der Waals surface area contributed by atoms with E-state index in [1.165, 1.54) is 37.7 Å². The number of hydrogen-bond donors (Lipinski definition) is 0. The van der Waals surface area contributed by atoms with Gasteiger partial charge in [-0.05, 0) is 84.2 Å². The zero-order chi connectivity index (χ0) is 32.5. The van der Waals surface area contributed by atoms with Crippen LogP contribution in [0, 0.1) is 41.0 Å². The van der Waals surface area contributed by atoms with E-state index in [2.05, 4.69) is 11.7 Å². The molecule has 0 radical (unpaired) electrons. The molecule has 1 nitrogen and oxygen atoms in total. The maximum absolute atomic E-state index is 15.5. The second kappa shape index (κ2) is 12.9. The average molecular weight is 637 g/mol. The first-order valence-corrected chi connectivity index (χ1v) is 14.8. The molecule has 0 aromatic heterocycles. The number of hydrogen-bond acceptors (Lipinski definition) is 1. The summed E-state index contributed by atoms with van der Waals surface area (Å²) in [5.74, 6) is -3.60. The molecule has 0 amide bonds. The minimum atomic E-state index is -5.00. The summed E-state index contributed by atoms with van der Waals surface area (Å²) in [6.45, 7) is 2.17. The van der Waals surface area contributed by atoms with Crippen LogP contribution in [-0.4, -0.2) is 6.18 Å². The summed E-state index contributed by atoms with van der Waals surface area (Å²) in [6.07, 6.45) is -0.733. The Bertz CT molecular complexity index is 1770. The lowest BCUT2D eigenvalue weighted by atomic mass is 9.76. The van der Waals surface area contributed by atoms with E-state index in [-0.39, 0.29) is 22.1 Å². The highest BCUT2D eigenvalue weighted by atomic mass is 19.4. The van der Waals surface area contributed by atoms with Gasteiger partial charge in [-0.2, -0.15) is 22.0 Å². The van der Waals surface area contributed by atoms with Crippen molar-refractivity contribution in [2.75, 3.05) is 0 Å². The Hall–Kier alpha value is -3.87. The molecule has 4 aromatic rings. The maximum atomic E-state index is 15.5. The van der Waals surface area contributed by atoms with E-state index >= 15 is 17.6 Å². The summed E-state index contributed by atoms with van der Waals surface area (Å²) in [6, 6.07) is 8.55. The highest BCUT2D eigenvalue weighted by Crippen LogP contribution is 2.42. The van der Waals surface area contributed by atoms with Gasteiger partial charge in [-0.25, -0.2) is 17.6 Å². The lowest BCUT2D eigenvalue weighted by molar-refractivity contribution is -0.189. The molecule has 1 fully saturated rings. The molecule has 45 heavy (non-hydrogen) atoms. The number of ether oxygens (including phenoxy) is 1. The molecule has 0 unspecified atom stereocenters. The number of benzene rings is 4. The second-order valence-corrected chi connectivity index (χ2v) is 11.5. The van der Waals surface area contributed by atoms with Gasteiger partial charge in [0.15, 0.2) is 0 Å². The van der Waals surface area contributed by atoms with E-state index in [1.54, 1.807) is 12.1 Å². The SMILES string of the molecule is CCCCCC1CCC(c2ccc3c(F)c(C(F)(F)Oc4ccc5c(F)c(C#CC(F)(F)F)c(F)cc5c4)c(F)cc3c2)CC1. The summed E-state index contributed by atoms with van der Waals surface area (Å²) in [5.41, 5.74) is -1.89. The Morgan fingerprint density at radius 3 is 2.09 bits per heavy atom. The topological polar surface area (TPSA) is 9.23 Å². The molecule has 0 atom stereocenters. The van der Waals surface area contributed by atoms with Gasteiger partial charge in [0.2, 0.25) is 0 Å². The Labute approximate surface area is 254 Å². The molecule has 238 valence electrons. The predicted molar refractivity (Wildman–Crippen MR) is 154 cm³/mol. The molecule has 0 spiro atoms. The van der Waals surface area contributed by atoms with E-state index in [1.807, 2.05) is 0 Å². The minimum Gasteiger partial charge on any atom is -0.429 e. The molecule has 0 aliphatic heterocycles. The smallest absolute Gasteiger partial charge is 0.429 e. The molecule has 1 saturated carbocycles. The fourth-order valence-electron chi connectivity index (χ4n) is 6.16. The molecule has 1 aliphatic rings. The number of halogens is 9. The van der Waals surface area contributed by atoms with E-state index in [9.17, 15) is 22.0 Å². The largest absolute Gasteiger partial charge is 0.458 e. The van der Waals surface area contributed by atoms with Crippen LogP contribution >= 0.6 is 0 Å². The lowest BCUT2D eigenvalue weighted by Crippen LogP contribution is -2.25. The Kier molecular flexibility index (Phi) is 9.29. The van der Waals surface area contributed by atoms with Gasteiger partial charge in [0, 0.05) is 16.7 Å². The average Bonchev–Trinajstić information content (AvgIpc) is 2.96. The van der Waals surface area contributed by atoms with Crippen molar-refractivity contribution in [1.82, 2.24) is 0 Å². The van der Waals surface area contributed by atoms with Crippen LogP contribution in [-0.2, 0) is 6.11 Å². The summed E-state index contributed by atoms with van der Waals surface area (Å²) >= 11 is 0.